The lowest BCUT2D eigenvalue weighted by molar-refractivity contribution is 0.660. The van der Waals surface area contributed by atoms with Gasteiger partial charge in [-0.15, -0.1) is 0 Å². The number of rotatable bonds is 7. The van der Waals surface area contributed by atoms with Crippen molar-refractivity contribution in [3.63, 3.8) is 0 Å². The van der Waals surface area contributed by atoms with E-state index in [1.165, 1.54) is 22.3 Å². The summed E-state index contributed by atoms with van der Waals surface area (Å²) in [4.78, 5) is 2.17. The van der Waals surface area contributed by atoms with E-state index in [1.54, 1.807) is 12.3 Å². The highest BCUT2D eigenvalue weighted by molar-refractivity contribution is 7.79. The molecule has 0 aliphatic heterocycles. The minimum Gasteiger partial charge on any atom is -0.356 e. The number of nitrogens with one attached hydrogen (secondary N) is 1. The number of nitrogens with zero attached hydrogens (tertiary/aromatic N) is 1. The quantitative estimate of drug-likeness (QED) is 0.193. The standard InChI is InChI=1S/C33H30N2.CH4S/c1-5-12-26(6-2)35(27-13-8-7-9-14-27)28-20-17-24(18-21-28)34-25-19-22-30-29-15-10-11-16-31(29)33(3,4)32(30)23-25;1-2/h5-23,34H,1-2H2,3-4H3;2H,1H3/b26-12+;. The van der Waals surface area contributed by atoms with Gasteiger partial charge in [0.1, 0.15) is 0 Å². The molecule has 0 heterocycles. The van der Waals surface area contributed by atoms with Crippen LogP contribution in [0.25, 0.3) is 11.1 Å². The first-order chi connectivity index (χ1) is 18.0. The second kappa shape index (κ2) is 11.4. The predicted molar refractivity (Wildman–Crippen MR) is 166 cm³/mol. The first-order valence-electron chi connectivity index (χ1n) is 12.4. The predicted octanol–water partition coefficient (Wildman–Crippen LogP) is 9.68. The Bertz CT molecular complexity index is 1420. The van der Waals surface area contributed by atoms with Gasteiger partial charge in [0.15, 0.2) is 0 Å². The molecule has 1 aliphatic carbocycles. The average molecular weight is 503 g/mol. The molecule has 1 aliphatic rings. The summed E-state index contributed by atoms with van der Waals surface area (Å²) in [5, 5.41) is 3.60. The number of para-hydroxylation sites is 1. The van der Waals surface area contributed by atoms with Crippen LogP contribution in [0.3, 0.4) is 0 Å². The highest BCUT2D eigenvalue weighted by Gasteiger charge is 2.35. The molecule has 0 radical (unpaired) electrons. The summed E-state index contributed by atoms with van der Waals surface area (Å²) >= 11 is 3.53. The Morgan fingerprint density at radius 3 is 2.00 bits per heavy atom. The molecule has 37 heavy (non-hydrogen) atoms. The van der Waals surface area contributed by atoms with Crippen LogP contribution in [0.5, 0.6) is 0 Å². The van der Waals surface area contributed by atoms with E-state index < -0.39 is 0 Å². The molecular formula is C34H34N2S. The summed E-state index contributed by atoms with van der Waals surface area (Å²) in [5.74, 6) is 0. The van der Waals surface area contributed by atoms with Crippen molar-refractivity contribution in [1.82, 2.24) is 0 Å². The van der Waals surface area contributed by atoms with Crippen molar-refractivity contribution >= 4 is 35.4 Å². The molecule has 0 atom stereocenters. The lowest BCUT2D eigenvalue weighted by Gasteiger charge is -2.26. The van der Waals surface area contributed by atoms with E-state index in [2.05, 4.69) is 129 Å². The third-order valence-corrected chi connectivity index (χ3v) is 6.77. The van der Waals surface area contributed by atoms with Crippen molar-refractivity contribution < 1.29 is 0 Å². The highest BCUT2D eigenvalue weighted by Crippen LogP contribution is 2.49. The van der Waals surface area contributed by atoms with E-state index in [9.17, 15) is 0 Å². The van der Waals surface area contributed by atoms with E-state index >= 15 is 0 Å². The molecule has 2 nitrogen and oxygen atoms in total. The minimum absolute atomic E-state index is 0.0117. The molecule has 0 spiro atoms. The number of hydrogen-bond donors (Lipinski definition) is 2. The SMILES string of the molecule is C=C/C=C(\C=C)N(c1ccccc1)c1ccc(Nc2ccc3c(c2)C(C)(C)c2ccccc2-3)cc1.CS. The monoisotopic (exact) mass is 502 g/mol. The second-order valence-electron chi connectivity index (χ2n) is 9.31. The fraction of sp³-hybridized carbons (Fsp3) is 0.118. The van der Waals surface area contributed by atoms with Gasteiger partial charge < -0.3 is 10.2 Å². The molecule has 4 aromatic rings. The molecule has 0 saturated carbocycles. The van der Waals surface area contributed by atoms with Gasteiger partial charge in [0.05, 0.1) is 0 Å². The van der Waals surface area contributed by atoms with Gasteiger partial charge in [-0.05, 0) is 89.2 Å². The zero-order chi connectivity index (χ0) is 26.4. The van der Waals surface area contributed by atoms with E-state index in [1.807, 2.05) is 30.4 Å². The largest absolute Gasteiger partial charge is 0.356 e. The van der Waals surface area contributed by atoms with Gasteiger partial charge in [-0.3, -0.25) is 0 Å². The second-order valence-corrected chi connectivity index (χ2v) is 9.31. The van der Waals surface area contributed by atoms with E-state index in [0.29, 0.717) is 0 Å². The van der Waals surface area contributed by atoms with Gasteiger partial charge in [-0.25, -0.2) is 0 Å². The smallest absolute Gasteiger partial charge is 0.0463 e. The molecule has 0 fully saturated rings. The van der Waals surface area contributed by atoms with E-state index in [-0.39, 0.29) is 5.41 Å². The number of fused-ring (bicyclic) bond motifs is 3. The van der Waals surface area contributed by atoms with Crippen molar-refractivity contribution in [2.75, 3.05) is 16.5 Å². The van der Waals surface area contributed by atoms with Crippen LogP contribution in [0.15, 0.2) is 134 Å². The van der Waals surface area contributed by atoms with E-state index in [0.717, 1.165) is 28.4 Å². The summed E-state index contributed by atoms with van der Waals surface area (Å²) in [6.07, 6.45) is 7.30. The summed E-state index contributed by atoms with van der Waals surface area (Å²) in [6, 6.07) is 34.2. The Morgan fingerprint density at radius 2 is 1.32 bits per heavy atom. The van der Waals surface area contributed by atoms with Gasteiger partial charge >= 0.3 is 0 Å². The van der Waals surface area contributed by atoms with E-state index in [4.69, 9.17) is 0 Å². The Kier molecular flexibility index (Phi) is 8.05. The van der Waals surface area contributed by atoms with Crippen LogP contribution >= 0.6 is 12.6 Å². The molecule has 0 saturated heterocycles. The molecule has 0 amide bonds. The zero-order valence-corrected chi connectivity index (χ0v) is 22.7. The Morgan fingerprint density at radius 1 is 0.730 bits per heavy atom. The molecule has 0 bridgehead atoms. The number of thiol groups is 1. The summed E-state index contributed by atoms with van der Waals surface area (Å²) in [7, 11) is 0. The topological polar surface area (TPSA) is 15.3 Å². The number of hydrogen-bond acceptors (Lipinski definition) is 3. The van der Waals surface area contributed by atoms with Crippen molar-refractivity contribution in [2.24, 2.45) is 0 Å². The maximum atomic E-state index is 4.01. The summed E-state index contributed by atoms with van der Waals surface area (Å²) in [6.45, 7) is 12.5. The van der Waals surface area contributed by atoms with Crippen LogP contribution in [0.4, 0.5) is 22.7 Å². The Hall–Kier alpha value is -3.95. The van der Waals surface area contributed by atoms with Gasteiger partial charge in [-0.1, -0.05) is 81.6 Å². The molecule has 186 valence electrons. The normalized spacial score (nSPS) is 12.9. The third kappa shape index (κ3) is 5.14. The van der Waals surface area contributed by atoms with Crippen LogP contribution in [-0.2, 0) is 5.41 Å². The fourth-order valence-corrected chi connectivity index (χ4v) is 5.02. The molecule has 5 rings (SSSR count). The Balaban J connectivity index is 0.00000156. The first-order valence-corrected chi connectivity index (χ1v) is 13.3. The number of benzene rings is 4. The molecule has 0 aromatic heterocycles. The average Bonchev–Trinajstić information content (AvgIpc) is 3.17. The Labute approximate surface area is 227 Å². The number of allylic oxidation sites excluding steroid dienone is 3. The van der Waals surface area contributed by atoms with Crippen molar-refractivity contribution in [2.45, 2.75) is 19.3 Å². The van der Waals surface area contributed by atoms with Crippen LogP contribution < -0.4 is 10.2 Å². The van der Waals surface area contributed by atoms with Crippen molar-refractivity contribution in [1.29, 1.82) is 0 Å². The molecular weight excluding hydrogens is 468 g/mol. The third-order valence-electron chi connectivity index (χ3n) is 6.77. The molecule has 1 N–H and O–H groups in total. The van der Waals surface area contributed by atoms with Crippen LogP contribution in [0, 0.1) is 0 Å². The summed E-state index contributed by atoms with van der Waals surface area (Å²) in [5.41, 5.74) is 10.6. The lowest BCUT2D eigenvalue weighted by atomic mass is 9.82. The fourth-order valence-electron chi connectivity index (χ4n) is 5.02. The van der Waals surface area contributed by atoms with Gasteiger partial charge in [0, 0.05) is 33.9 Å². The van der Waals surface area contributed by atoms with Crippen LogP contribution in [0.1, 0.15) is 25.0 Å². The van der Waals surface area contributed by atoms with Crippen molar-refractivity contribution in [3.8, 4) is 11.1 Å². The molecule has 3 heteroatoms. The first kappa shape index (κ1) is 26.1. The summed E-state index contributed by atoms with van der Waals surface area (Å²) < 4.78 is 0. The highest BCUT2D eigenvalue weighted by atomic mass is 32.1. The van der Waals surface area contributed by atoms with Crippen LogP contribution in [-0.4, -0.2) is 6.26 Å². The maximum Gasteiger partial charge on any atom is 0.0463 e. The zero-order valence-electron chi connectivity index (χ0n) is 21.8. The maximum absolute atomic E-state index is 4.01. The van der Waals surface area contributed by atoms with Crippen molar-refractivity contribution in [3.05, 3.63) is 145 Å². The van der Waals surface area contributed by atoms with Crippen LogP contribution in [0.2, 0.25) is 0 Å². The van der Waals surface area contributed by atoms with Gasteiger partial charge in [-0.2, -0.15) is 12.6 Å². The molecule has 0 unspecified atom stereocenters. The van der Waals surface area contributed by atoms with Gasteiger partial charge in [0.2, 0.25) is 0 Å². The lowest BCUT2D eigenvalue weighted by Crippen LogP contribution is -2.15. The minimum atomic E-state index is -0.0117. The molecule has 4 aromatic carbocycles. The van der Waals surface area contributed by atoms with Gasteiger partial charge in [0.25, 0.3) is 0 Å². The number of anilines is 4.